The summed E-state index contributed by atoms with van der Waals surface area (Å²) in [5, 5.41) is 0. The van der Waals surface area contributed by atoms with E-state index in [-0.39, 0.29) is 36.6 Å². The number of unbranched alkanes of at least 4 members (excludes halogenated alkanes) is 2. The normalized spacial score (nSPS) is 21.7. The Labute approximate surface area is 258 Å². The van der Waals surface area contributed by atoms with Crippen LogP contribution in [0.1, 0.15) is 82.8 Å². The third-order valence-corrected chi connectivity index (χ3v) is 8.87. The van der Waals surface area contributed by atoms with Crippen LogP contribution in [0.15, 0.2) is 35.9 Å². The van der Waals surface area contributed by atoms with Crippen molar-refractivity contribution in [3.63, 3.8) is 0 Å². The van der Waals surface area contributed by atoms with Crippen molar-refractivity contribution < 1.29 is 28.5 Å². The fraction of sp³-hybridized carbons (Fsp3) is 0.657. The Bertz CT molecular complexity index is 1060. The van der Waals surface area contributed by atoms with Gasteiger partial charge in [-0.15, -0.1) is 0 Å². The van der Waals surface area contributed by atoms with Gasteiger partial charge in [0.15, 0.2) is 0 Å². The molecule has 2 heterocycles. The monoisotopic (exact) mass is 596 g/mol. The summed E-state index contributed by atoms with van der Waals surface area (Å²) in [6.45, 7) is 18.0. The van der Waals surface area contributed by atoms with Gasteiger partial charge in [0.2, 0.25) is 0 Å². The summed E-state index contributed by atoms with van der Waals surface area (Å²) in [7, 11) is 0. The van der Waals surface area contributed by atoms with E-state index < -0.39 is 0 Å². The first-order valence-corrected chi connectivity index (χ1v) is 16.3. The Hall–Kier alpha value is -2.52. The summed E-state index contributed by atoms with van der Waals surface area (Å²) in [6.07, 6.45) is 8.84. The van der Waals surface area contributed by atoms with E-state index in [0.29, 0.717) is 51.0 Å². The molecule has 0 aromatic heterocycles. The summed E-state index contributed by atoms with van der Waals surface area (Å²) >= 11 is 0. The average Bonchev–Trinajstić information content (AvgIpc) is 3.00. The van der Waals surface area contributed by atoms with Crippen molar-refractivity contribution in [3.05, 3.63) is 47.1 Å². The highest BCUT2D eigenvalue weighted by molar-refractivity contribution is 5.76. The van der Waals surface area contributed by atoms with E-state index in [9.17, 15) is 9.59 Å². The molecule has 0 bridgehead atoms. The number of rotatable bonds is 14. The topological polar surface area (TPSA) is 77.5 Å². The number of morpholine rings is 2. The van der Waals surface area contributed by atoms with Gasteiger partial charge in [-0.05, 0) is 63.1 Å². The molecule has 1 aliphatic carbocycles. The number of ether oxygens (including phenoxy) is 4. The van der Waals surface area contributed by atoms with E-state index in [1.807, 2.05) is 12.1 Å². The van der Waals surface area contributed by atoms with Crippen molar-refractivity contribution in [1.82, 2.24) is 9.80 Å². The second-order valence-electron chi connectivity index (χ2n) is 12.3. The fourth-order valence-corrected chi connectivity index (χ4v) is 6.28. The first-order valence-electron chi connectivity index (χ1n) is 16.3. The molecule has 1 aromatic rings. The van der Waals surface area contributed by atoms with Gasteiger partial charge in [-0.2, -0.15) is 0 Å². The molecule has 8 heteroatoms. The number of carbonyl (C=O) groups excluding carboxylic acids is 2. The maximum Gasteiger partial charge on any atom is 0.312 e. The van der Waals surface area contributed by atoms with Crippen LogP contribution in [0.3, 0.4) is 0 Å². The third kappa shape index (κ3) is 10.3. The van der Waals surface area contributed by atoms with Crippen molar-refractivity contribution >= 4 is 11.9 Å². The highest BCUT2D eigenvalue weighted by Gasteiger charge is 2.33. The Morgan fingerprint density at radius 1 is 0.907 bits per heavy atom. The van der Waals surface area contributed by atoms with Crippen LogP contribution in [-0.2, 0) is 25.5 Å². The molecule has 1 aromatic carbocycles. The smallest absolute Gasteiger partial charge is 0.312 e. The van der Waals surface area contributed by atoms with Gasteiger partial charge in [0.25, 0.3) is 0 Å². The lowest BCUT2D eigenvalue weighted by Gasteiger charge is -2.33. The minimum atomic E-state index is -0.272. The molecule has 238 valence electrons. The van der Waals surface area contributed by atoms with E-state index in [0.717, 1.165) is 81.4 Å². The Balaban J connectivity index is 1.65. The SMILES string of the molecule is C=C(C)C1CCC(C)=CC1c1c(OC(=O)CCN2CCOCC2)cc(CCCCC)cc1OC(=O)CCN1CCOCC1. The zero-order valence-electron chi connectivity index (χ0n) is 26.7. The molecular formula is C35H52N2O6. The molecule has 0 N–H and O–H groups in total. The lowest BCUT2D eigenvalue weighted by atomic mass is 9.73. The number of allylic oxidation sites excluding steroid dienone is 3. The second kappa shape index (κ2) is 17.1. The summed E-state index contributed by atoms with van der Waals surface area (Å²) in [4.78, 5) is 31.1. The Kier molecular flexibility index (Phi) is 13.3. The molecule has 2 aliphatic heterocycles. The largest absolute Gasteiger partial charge is 0.426 e. The molecule has 0 amide bonds. The quantitative estimate of drug-likeness (QED) is 0.117. The fourth-order valence-electron chi connectivity index (χ4n) is 6.28. The molecule has 2 fully saturated rings. The number of esters is 2. The molecular weight excluding hydrogens is 544 g/mol. The first-order chi connectivity index (χ1) is 20.8. The van der Waals surface area contributed by atoms with E-state index in [2.05, 4.69) is 43.2 Å². The highest BCUT2D eigenvalue weighted by atomic mass is 16.5. The van der Waals surface area contributed by atoms with Gasteiger partial charge in [-0.3, -0.25) is 19.4 Å². The molecule has 3 aliphatic rings. The number of nitrogens with zero attached hydrogens (tertiary/aromatic N) is 2. The van der Waals surface area contributed by atoms with E-state index >= 15 is 0 Å². The predicted octanol–water partition coefficient (Wildman–Crippen LogP) is 5.69. The maximum atomic E-state index is 13.3. The van der Waals surface area contributed by atoms with Crippen LogP contribution in [0.5, 0.6) is 11.5 Å². The molecule has 0 spiro atoms. The summed E-state index contributed by atoms with van der Waals surface area (Å²) in [5.74, 6) is 0.544. The van der Waals surface area contributed by atoms with Gasteiger partial charge >= 0.3 is 11.9 Å². The van der Waals surface area contributed by atoms with Crippen LogP contribution in [0, 0.1) is 5.92 Å². The van der Waals surface area contributed by atoms with Crippen molar-refractivity contribution in [3.8, 4) is 11.5 Å². The van der Waals surface area contributed by atoms with Gasteiger partial charge in [0.1, 0.15) is 11.5 Å². The van der Waals surface area contributed by atoms with Crippen LogP contribution in [-0.4, -0.2) is 87.4 Å². The molecule has 4 rings (SSSR count). The number of hydrogen-bond acceptors (Lipinski definition) is 8. The van der Waals surface area contributed by atoms with Gasteiger partial charge < -0.3 is 18.9 Å². The lowest BCUT2D eigenvalue weighted by molar-refractivity contribution is -0.135. The number of benzene rings is 1. The molecule has 2 atom stereocenters. The first kappa shape index (κ1) is 33.4. The van der Waals surface area contributed by atoms with Gasteiger partial charge in [0, 0.05) is 50.7 Å². The van der Waals surface area contributed by atoms with Crippen LogP contribution < -0.4 is 9.47 Å². The van der Waals surface area contributed by atoms with Crippen molar-refractivity contribution in [2.75, 3.05) is 65.7 Å². The zero-order valence-corrected chi connectivity index (χ0v) is 26.7. The summed E-state index contributed by atoms with van der Waals surface area (Å²) < 4.78 is 23.3. The lowest BCUT2D eigenvalue weighted by Crippen LogP contribution is -2.38. The van der Waals surface area contributed by atoms with Gasteiger partial charge in [-0.1, -0.05) is 43.6 Å². The highest BCUT2D eigenvalue weighted by Crippen LogP contribution is 2.47. The maximum absolute atomic E-state index is 13.3. The number of carbonyl (C=O) groups is 2. The summed E-state index contributed by atoms with van der Waals surface area (Å²) in [6, 6.07) is 4.02. The molecule has 8 nitrogen and oxygen atoms in total. The van der Waals surface area contributed by atoms with Crippen molar-refractivity contribution in [2.24, 2.45) is 5.92 Å². The van der Waals surface area contributed by atoms with E-state index in [1.165, 1.54) is 5.57 Å². The summed E-state index contributed by atoms with van der Waals surface area (Å²) in [5.41, 5.74) is 4.16. The van der Waals surface area contributed by atoms with E-state index in [4.69, 9.17) is 18.9 Å². The third-order valence-electron chi connectivity index (χ3n) is 8.87. The Morgan fingerprint density at radius 3 is 1.93 bits per heavy atom. The molecule has 0 saturated carbocycles. The van der Waals surface area contributed by atoms with Crippen LogP contribution >= 0.6 is 0 Å². The van der Waals surface area contributed by atoms with E-state index in [1.54, 1.807) is 0 Å². The van der Waals surface area contributed by atoms with Gasteiger partial charge in [0.05, 0.1) is 39.3 Å². The zero-order chi connectivity index (χ0) is 30.6. The van der Waals surface area contributed by atoms with Crippen molar-refractivity contribution in [2.45, 2.75) is 78.1 Å². The standard InChI is InChI=1S/C35H52N2O6/c1-5-6-7-8-28-24-31(42-33(38)11-13-36-15-19-40-20-16-36)35(30-23-27(4)9-10-29(30)26(2)3)32(25-28)43-34(39)12-14-37-17-21-41-22-18-37/h23-25,29-30H,2,5-22H2,1,3-4H3. The molecule has 2 saturated heterocycles. The van der Waals surface area contributed by atoms with Crippen molar-refractivity contribution in [1.29, 1.82) is 0 Å². The number of hydrogen-bond donors (Lipinski definition) is 0. The predicted molar refractivity (Wildman–Crippen MR) is 169 cm³/mol. The molecule has 2 unspecified atom stereocenters. The number of aryl methyl sites for hydroxylation is 1. The van der Waals surface area contributed by atoms with Gasteiger partial charge in [-0.25, -0.2) is 0 Å². The molecule has 0 radical (unpaired) electrons. The minimum Gasteiger partial charge on any atom is -0.426 e. The molecule has 43 heavy (non-hydrogen) atoms. The van der Waals surface area contributed by atoms with Crippen LogP contribution in [0.4, 0.5) is 0 Å². The average molecular weight is 597 g/mol. The minimum absolute atomic E-state index is 0.0972. The Morgan fingerprint density at radius 2 is 1.44 bits per heavy atom. The second-order valence-corrected chi connectivity index (χ2v) is 12.3. The van der Waals surface area contributed by atoms with Crippen LogP contribution in [0.25, 0.3) is 0 Å². The van der Waals surface area contributed by atoms with Crippen LogP contribution in [0.2, 0.25) is 0 Å².